The molecule has 1 saturated heterocycles. The van der Waals surface area contributed by atoms with Gasteiger partial charge in [0.15, 0.2) is 9.84 Å². The van der Waals surface area contributed by atoms with Gasteiger partial charge in [-0.2, -0.15) is 0 Å². The van der Waals surface area contributed by atoms with Crippen molar-refractivity contribution >= 4 is 44.7 Å². The number of thiophene rings is 1. The molecule has 3 aromatic rings. The lowest BCUT2D eigenvalue weighted by atomic mass is 9.82. The first-order valence-electron chi connectivity index (χ1n) is 13.9. The van der Waals surface area contributed by atoms with Crippen LogP contribution in [0.1, 0.15) is 65.2 Å². The van der Waals surface area contributed by atoms with Gasteiger partial charge in [-0.25, -0.2) is 8.42 Å². The third-order valence-electron chi connectivity index (χ3n) is 8.45. The van der Waals surface area contributed by atoms with Gasteiger partial charge in [-0.1, -0.05) is 44.2 Å². The molecule has 1 aliphatic carbocycles. The molecule has 0 bridgehead atoms. The van der Waals surface area contributed by atoms with Crippen LogP contribution in [-0.4, -0.2) is 67.5 Å². The van der Waals surface area contributed by atoms with Crippen LogP contribution in [0.4, 0.5) is 0 Å². The van der Waals surface area contributed by atoms with Crippen molar-refractivity contribution < 1.29 is 22.8 Å². The molecule has 226 valence electrons. The van der Waals surface area contributed by atoms with Gasteiger partial charge in [0.05, 0.1) is 17.8 Å². The monoisotopic (exact) mass is 621 g/mol. The van der Waals surface area contributed by atoms with E-state index in [1.807, 2.05) is 30.3 Å². The summed E-state index contributed by atoms with van der Waals surface area (Å²) in [4.78, 5) is 41.8. The highest BCUT2D eigenvalue weighted by molar-refractivity contribution is 7.91. The average Bonchev–Trinajstić information content (AvgIpc) is 3.68. The highest BCUT2D eigenvalue weighted by atomic mass is 32.2. The van der Waals surface area contributed by atoms with Gasteiger partial charge in [-0.3, -0.25) is 19.8 Å². The van der Waals surface area contributed by atoms with Crippen molar-refractivity contribution in [3.05, 3.63) is 81.0 Å². The summed E-state index contributed by atoms with van der Waals surface area (Å²) in [6.45, 7) is 5.53. The Hall–Kier alpha value is -4.03. The Morgan fingerprint density at radius 3 is 2.47 bits per heavy atom. The number of sulfone groups is 1. The number of benzene rings is 2. The van der Waals surface area contributed by atoms with Gasteiger partial charge in [-0.15, -0.1) is 11.3 Å². The summed E-state index contributed by atoms with van der Waals surface area (Å²) in [5.74, 6) is -1.56. The Morgan fingerprint density at radius 2 is 1.79 bits per heavy atom. The molecule has 0 spiro atoms. The minimum absolute atomic E-state index is 0.0414. The summed E-state index contributed by atoms with van der Waals surface area (Å²) in [5, 5.41) is 13.9. The number of amidine groups is 1. The number of carbonyl (C=O) groups is 3. The van der Waals surface area contributed by atoms with Crippen LogP contribution in [0, 0.1) is 5.41 Å². The summed E-state index contributed by atoms with van der Waals surface area (Å²) in [5.41, 5.74) is 10.6. The zero-order valence-corrected chi connectivity index (χ0v) is 26.1. The van der Waals surface area contributed by atoms with Crippen molar-refractivity contribution in [3.8, 4) is 11.1 Å². The topological polar surface area (TPSA) is 163 Å². The quantitative estimate of drug-likeness (QED) is 0.223. The molecule has 0 radical (unpaired) electrons. The van der Waals surface area contributed by atoms with Crippen molar-refractivity contribution in [3.63, 3.8) is 0 Å². The molecule has 3 amide bonds. The molecule has 1 fully saturated rings. The fourth-order valence-electron chi connectivity index (χ4n) is 5.95. The van der Waals surface area contributed by atoms with Gasteiger partial charge in [0.1, 0.15) is 11.9 Å². The summed E-state index contributed by atoms with van der Waals surface area (Å²) in [6.07, 6.45) is 1.05. The Balaban J connectivity index is 1.29. The first-order chi connectivity index (χ1) is 20.2. The normalized spacial score (nSPS) is 19.3. The van der Waals surface area contributed by atoms with E-state index in [2.05, 4.69) is 30.5 Å². The van der Waals surface area contributed by atoms with Crippen molar-refractivity contribution in [1.82, 2.24) is 15.5 Å². The minimum atomic E-state index is -3.53. The van der Waals surface area contributed by atoms with E-state index in [0.29, 0.717) is 11.1 Å². The van der Waals surface area contributed by atoms with Gasteiger partial charge in [-0.05, 0) is 53.8 Å². The van der Waals surface area contributed by atoms with E-state index in [0.717, 1.165) is 27.8 Å². The number of nitrogens with one attached hydrogen (secondary N) is 3. The summed E-state index contributed by atoms with van der Waals surface area (Å²) in [6, 6.07) is 13.8. The fourth-order valence-corrected chi connectivity index (χ4v) is 7.83. The van der Waals surface area contributed by atoms with E-state index in [1.54, 1.807) is 24.4 Å². The first-order valence-corrected chi connectivity index (χ1v) is 16.8. The third-order valence-corrected chi connectivity index (χ3v) is 11.1. The molecule has 10 nitrogen and oxygen atoms in total. The van der Waals surface area contributed by atoms with Crippen LogP contribution in [0.5, 0.6) is 0 Å². The maximum absolute atomic E-state index is 13.3. The van der Waals surface area contributed by atoms with Crippen LogP contribution in [0.3, 0.4) is 0 Å². The predicted octanol–water partition coefficient (Wildman–Crippen LogP) is 2.96. The molecule has 2 aromatic carbocycles. The van der Waals surface area contributed by atoms with Crippen LogP contribution < -0.4 is 16.4 Å². The number of nitrogens with two attached hydrogens (primary N) is 1. The molecular formula is C31H35N5O5S2. The van der Waals surface area contributed by atoms with Crippen molar-refractivity contribution in [2.45, 2.75) is 49.9 Å². The molecule has 1 aliphatic heterocycles. The van der Waals surface area contributed by atoms with Crippen molar-refractivity contribution in [2.75, 3.05) is 19.3 Å². The molecule has 43 heavy (non-hydrogen) atoms. The second kappa shape index (κ2) is 11.2. The van der Waals surface area contributed by atoms with E-state index in [9.17, 15) is 22.8 Å². The van der Waals surface area contributed by atoms with Crippen LogP contribution in [-0.2, 0) is 24.8 Å². The highest BCUT2D eigenvalue weighted by Crippen LogP contribution is 2.48. The Morgan fingerprint density at radius 1 is 1.09 bits per heavy atom. The molecule has 5 N–H and O–H groups in total. The first kappa shape index (κ1) is 30.4. The molecule has 1 aromatic heterocycles. The smallest absolute Gasteiger partial charge is 0.251 e. The summed E-state index contributed by atoms with van der Waals surface area (Å²) >= 11 is 1.34. The number of nitrogen functional groups attached to an aromatic ring is 1. The summed E-state index contributed by atoms with van der Waals surface area (Å²) in [7, 11) is -3.53. The average molecular weight is 622 g/mol. The van der Waals surface area contributed by atoms with Gasteiger partial charge in [0, 0.05) is 39.6 Å². The van der Waals surface area contributed by atoms with E-state index in [-0.39, 0.29) is 30.8 Å². The molecule has 12 heteroatoms. The molecular weight excluding hydrogens is 587 g/mol. The molecule has 0 unspecified atom stereocenters. The molecule has 0 saturated carbocycles. The van der Waals surface area contributed by atoms with Crippen molar-refractivity contribution in [1.29, 1.82) is 5.41 Å². The van der Waals surface area contributed by atoms with Crippen LogP contribution in [0.2, 0.25) is 0 Å². The fraction of sp³-hybridized carbons (Fsp3) is 0.355. The van der Waals surface area contributed by atoms with E-state index < -0.39 is 44.9 Å². The zero-order valence-electron chi connectivity index (χ0n) is 24.4. The number of rotatable bonds is 8. The Labute approximate surface area is 255 Å². The number of hydrogen-bond donors (Lipinski definition) is 4. The van der Waals surface area contributed by atoms with E-state index in [4.69, 9.17) is 11.1 Å². The number of likely N-dealkylation sites (tertiary alicyclic amines) is 1. The lowest BCUT2D eigenvalue weighted by Gasteiger charge is -2.25. The number of nitrogens with zero attached hydrogens (tertiary/aromatic N) is 1. The lowest BCUT2D eigenvalue weighted by Crippen LogP contribution is -2.49. The third kappa shape index (κ3) is 5.81. The standard InChI is InChI=1S/C31H35N5O5S2/c1-17(26-12-19(16-42-26)28(32)33)35-30(39)25-13-20(43(4,40)41)15-36(25)27(37)14-34-29(38)18-9-10-24-22(11-18)21-7-5-6-8-23(21)31(24,2)3/h5-12,16-17,20,25H,13-15H2,1-4H3,(H3,32,33)(H,34,38)(H,35,39)/t17-,20-,25+/m1/s1. The van der Waals surface area contributed by atoms with Crippen LogP contribution in [0.25, 0.3) is 11.1 Å². The lowest BCUT2D eigenvalue weighted by molar-refractivity contribution is -0.137. The minimum Gasteiger partial charge on any atom is -0.384 e. The predicted molar refractivity (Wildman–Crippen MR) is 167 cm³/mol. The molecule has 5 rings (SSSR count). The number of carbonyl (C=O) groups excluding carboxylic acids is 3. The Kier molecular flexibility index (Phi) is 7.95. The van der Waals surface area contributed by atoms with Gasteiger partial charge in [0.2, 0.25) is 11.8 Å². The summed E-state index contributed by atoms with van der Waals surface area (Å²) < 4.78 is 24.8. The second-order valence-electron chi connectivity index (χ2n) is 11.7. The second-order valence-corrected chi connectivity index (χ2v) is 15.0. The number of amides is 3. The van der Waals surface area contributed by atoms with Crippen LogP contribution >= 0.6 is 11.3 Å². The highest BCUT2D eigenvalue weighted by Gasteiger charge is 2.44. The molecule has 3 atom stereocenters. The maximum Gasteiger partial charge on any atom is 0.251 e. The molecule has 2 aliphatic rings. The molecule has 2 heterocycles. The SMILES string of the molecule is C[C@@H](NC(=O)[C@@H]1C[C@@H](S(C)(=O)=O)CN1C(=O)CNC(=O)c1ccc2c(c1)-c1ccccc1C2(C)C)c1cc(C(=N)N)cs1. The van der Waals surface area contributed by atoms with Crippen molar-refractivity contribution in [2.24, 2.45) is 5.73 Å². The van der Waals surface area contributed by atoms with Gasteiger partial charge < -0.3 is 21.3 Å². The zero-order chi connectivity index (χ0) is 31.3. The van der Waals surface area contributed by atoms with Crippen LogP contribution in [0.15, 0.2) is 53.9 Å². The Bertz CT molecular complexity index is 1750. The number of hydrogen-bond acceptors (Lipinski definition) is 7. The van der Waals surface area contributed by atoms with Gasteiger partial charge in [0.25, 0.3) is 5.91 Å². The maximum atomic E-state index is 13.3. The van der Waals surface area contributed by atoms with Gasteiger partial charge >= 0.3 is 0 Å². The number of fused-ring (bicyclic) bond motifs is 3. The largest absolute Gasteiger partial charge is 0.384 e. The van der Waals surface area contributed by atoms with E-state index in [1.165, 1.54) is 21.8 Å². The van der Waals surface area contributed by atoms with E-state index >= 15 is 0 Å².